The molecule has 1 saturated heterocycles. The van der Waals surface area contributed by atoms with E-state index < -0.39 is 0 Å². The third kappa shape index (κ3) is 3.05. The molecule has 0 bridgehead atoms. The summed E-state index contributed by atoms with van der Waals surface area (Å²) in [7, 11) is 0. The molecule has 0 unspecified atom stereocenters. The van der Waals surface area contributed by atoms with Gasteiger partial charge in [0.15, 0.2) is 5.69 Å². The number of piperidine rings is 1. The van der Waals surface area contributed by atoms with Gasteiger partial charge in [0, 0.05) is 31.3 Å². The minimum absolute atomic E-state index is 0.0429. The SMILES string of the molecule is CC(C)(C)n1nc(C(=O)N2CCC(CO)CC2)cc1C1CC1. The first-order valence-electron chi connectivity index (χ1n) is 8.40. The van der Waals surface area contributed by atoms with Crippen molar-refractivity contribution in [3.8, 4) is 0 Å². The highest BCUT2D eigenvalue weighted by molar-refractivity contribution is 5.92. The molecule has 1 N–H and O–H groups in total. The third-order valence-electron chi connectivity index (χ3n) is 4.75. The highest BCUT2D eigenvalue weighted by Crippen LogP contribution is 2.41. The molecule has 1 aromatic rings. The van der Waals surface area contributed by atoms with Crippen LogP contribution in [0.4, 0.5) is 0 Å². The molecule has 0 radical (unpaired) electrons. The molecule has 2 heterocycles. The van der Waals surface area contributed by atoms with Crippen molar-refractivity contribution in [2.75, 3.05) is 19.7 Å². The molecule has 1 saturated carbocycles. The van der Waals surface area contributed by atoms with Crippen LogP contribution in [0.2, 0.25) is 0 Å². The number of rotatable bonds is 3. The van der Waals surface area contributed by atoms with E-state index in [0.29, 0.717) is 17.5 Å². The first-order valence-corrected chi connectivity index (χ1v) is 8.40. The van der Waals surface area contributed by atoms with E-state index in [2.05, 4.69) is 25.9 Å². The fourth-order valence-electron chi connectivity index (χ4n) is 3.19. The lowest BCUT2D eigenvalue weighted by Crippen LogP contribution is -2.39. The summed E-state index contributed by atoms with van der Waals surface area (Å²) in [5.74, 6) is 0.966. The van der Waals surface area contributed by atoms with Crippen LogP contribution < -0.4 is 0 Å². The second-order valence-corrected chi connectivity index (χ2v) is 7.73. The number of nitrogens with zero attached hydrogens (tertiary/aromatic N) is 3. The average Bonchev–Trinajstić information content (AvgIpc) is 3.23. The van der Waals surface area contributed by atoms with Gasteiger partial charge in [-0.3, -0.25) is 9.48 Å². The largest absolute Gasteiger partial charge is 0.396 e. The average molecular weight is 305 g/mol. The van der Waals surface area contributed by atoms with Crippen LogP contribution in [0.5, 0.6) is 0 Å². The van der Waals surface area contributed by atoms with E-state index in [1.807, 2.05) is 15.6 Å². The Kier molecular flexibility index (Phi) is 4.02. The van der Waals surface area contributed by atoms with Crippen LogP contribution in [-0.4, -0.2) is 45.4 Å². The molecule has 1 aliphatic carbocycles. The zero-order valence-electron chi connectivity index (χ0n) is 13.9. The Morgan fingerprint density at radius 1 is 1.27 bits per heavy atom. The van der Waals surface area contributed by atoms with Gasteiger partial charge < -0.3 is 10.0 Å². The minimum atomic E-state index is -0.0969. The zero-order valence-corrected chi connectivity index (χ0v) is 13.9. The van der Waals surface area contributed by atoms with Crippen molar-refractivity contribution in [2.45, 2.75) is 57.9 Å². The first-order chi connectivity index (χ1) is 10.4. The second-order valence-electron chi connectivity index (χ2n) is 7.73. The van der Waals surface area contributed by atoms with Crippen molar-refractivity contribution >= 4 is 5.91 Å². The fraction of sp³-hybridized carbons (Fsp3) is 0.765. The van der Waals surface area contributed by atoms with Crippen molar-refractivity contribution < 1.29 is 9.90 Å². The Hall–Kier alpha value is -1.36. The van der Waals surface area contributed by atoms with Crippen LogP contribution in [-0.2, 0) is 5.54 Å². The maximum absolute atomic E-state index is 12.7. The molecule has 2 fully saturated rings. The molecular formula is C17H27N3O2. The van der Waals surface area contributed by atoms with Crippen LogP contribution in [0, 0.1) is 5.92 Å². The predicted molar refractivity (Wildman–Crippen MR) is 84.9 cm³/mol. The molecule has 0 aromatic carbocycles. The van der Waals surface area contributed by atoms with Gasteiger partial charge in [0.2, 0.25) is 0 Å². The number of carbonyl (C=O) groups excluding carboxylic acids is 1. The topological polar surface area (TPSA) is 58.4 Å². The number of aliphatic hydroxyl groups is 1. The van der Waals surface area contributed by atoms with Crippen molar-refractivity contribution in [2.24, 2.45) is 5.92 Å². The van der Waals surface area contributed by atoms with Crippen molar-refractivity contribution in [1.82, 2.24) is 14.7 Å². The number of aromatic nitrogens is 2. The third-order valence-corrected chi connectivity index (χ3v) is 4.75. The predicted octanol–water partition coefficient (Wildman–Crippen LogP) is 2.36. The number of amides is 1. The van der Waals surface area contributed by atoms with Gasteiger partial charge in [0.05, 0.1) is 5.54 Å². The lowest BCUT2D eigenvalue weighted by Gasteiger charge is -2.30. The Bertz CT molecular complexity index is 547. The smallest absolute Gasteiger partial charge is 0.274 e. The van der Waals surface area contributed by atoms with Crippen LogP contribution in [0.25, 0.3) is 0 Å². The fourth-order valence-corrected chi connectivity index (χ4v) is 3.19. The van der Waals surface area contributed by atoms with Crippen molar-refractivity contribution in [3.05, 3.63) is 17.5 Å². The van der Waals surface area contributed by atoms with E-state index in [1.165, 1.54) is 18.5 Å². The Labute approximate surface area is 132 Å². The molecule has 5 nitrogen and oxygen atoms in total. The molecule has 0 spiro atoms. The van der Waals surface area contributed by atoms with Crippen molar-refractivity contribution in [1.29, 1.82) is 0 Å². The summed E-state index contributed by atoms with van der Waals surface area (Å²) in [6.45, 7) is 8.08. The molecule has 3 rings (SSSR count). The molecule has 1 amide bonds. The summed E-state index contributed by atoms with van der Waals surface area (Å²) >= 11 is 0. The monoisotopic (exact) mass is 305 g/mol. The summed E-state index contributed by atoms with van der Waals surface area (Å²) in [6, 6.07) is 2.00. The zero-order chi connectivity index (χ0) is 15.9. The van der Waals surface area contributed by atoms with Crippen LogP contribution >= 0.6 is 0 Å². The van der Waals surface area contributed by atoms with Crippen LogP contribution in [0.1, 0.15) is 68.6 Å². The molecule has 122 valence electrons. The quantitative estimate of drug-likeness (QED) is 0.932. The molecule has 2 aliphatic rings. The van der Waals surface area contributed by atoms with Gasteiger partial charge in [0.25, 0.3) is 5.91 Å². The van der Waals surface area contributed by atoms with Crippen molar-refractivity contribution in [3.63, 3.8) is 0 Å². The number of likely N-dealkylation sites (tertiary alicyclic amines) is 1. The van der Waals surface area contributed by atoms with Gasteiger partial charge in [0.1, 0.15) is 0 Å². The number of hydrogen-bond acceptors (Lipinski definition) is 3. The van der Waals surface area contributed by atoms with Gasteiger partial charge in [-0.25, -0.2) is 0 Å². The maximum atomic E-state index is 12.7. The van der Waals surface area contributed by atoms with E-state index in [9.17, 15) is 9.90 Å². The Morgan fingerprint density at radius 2 is 1.91 bits per heavy atom. The summed E-state index contributed by atoms with van der Waals surface area (Å²) < 4.78 is 2.04. The summed E-state index contributed by atoms with van der Waals surface area (Å²) in [5, 5.41) is 13.8. The summed E-state index contributed by atoms with van der Waals surface area (Å²) in [5.41, 5.74) is 1.70. The van der Waals surface area contributed by atoms with Gasteiger partial charge >= 0.3 is 0 Å². The number of hydrogen-bond donors (Lipinski definition) is 1. The number of aliphatic hydroxyl groups excluding tert-OH is 1. The normalized spacial score (nSPS) is 20.5. The maximum Gasteiger partial charge on any atom is 0.274 e. The molecule has 22 heavy (non-hydrogen) atoms. The van der Waals surface area contributed by atoms with E-state index in [4.69, 9.17) is 0 Å². The summed E-state index contributed by atoms with van der Waals surface area (Å²) in [4.78, 5) is 14.6. The number of carbonyl (C=O) groups is 1. The van der Waals surface area contributed by atoms with Gasteiger partial charge in [-0.15, -0.1) is 0 Å². The van der Waals surface area contributed by atoms with Gasteiger partial charge in [-0.05, 0) is 58.4 Å². The lowest BCUT2D eigenvalue weighted by molar-refractivity contribution is 0.0643. The lowest BCUT2D eigenvalue weighted by atomic mass is 9.98. The van der Waals surface area contributed by atoms with E-state index in [1.54, 1.807) is 0 Å². The first kappa shape index (κ1) is 15.5. The van der Waals surface area contributed by atoms with Gasteiger partial charge in [-0.1, -0.05) is 0 Å². The van der Waals surface area contributed by atoms with Crippen LogP contribution in [0.3, 0.4) is 0 Å². The van der Waals surface area contributed by atoms with E-state index >= 15 is 0 Å². The van der Waals surface area contributed by atoms with E-state index in [0.717, 1.165) is 25.9 Å². The van der Waals surface area contributed by atoms with Crippen LogP contribution in [0.15, 0.2) is 6.07 Å². The molecule has 1 aromatic heterocycles. The highest BCUT2D eigenvalue weighted by Gasteiger charge is 2.33. The van der Waals surface area contributed by atoms with E-state index in [-0.39, 0.29) is 18.1 Å². The second kappa shape index (κ2) is 5.69. The molecule has 1 aliphatic heterocycles. The Balaban J connectivity index is 1.78. The highest BCUT2D eigenvalue weighted by atomic mass is 16.3. The Morgan fingerprint density at radius 3 is 2.41 bits per heavy atom. The molecular weight excluding hydrogens is 278 g/mol. The van der Waals surface area contributed by atoms with Gasteiger partial charge in [-0.2, -0.15) is 5.10 Å². The molecule has 5 heteroatoms. The molecule has 0 atom stereocenters. The minimum Gasteiger partial charge on any atom is -0.396 e. The standard InChI is InChI=1S/C17H27N3O2/c1-17(2,3)20-15(13-4-5-13)10-14(18-20)16(22)19-8-6-12(11-21)7-9-19/h10,12-13,21H,4-9,11H2,1-3H3. The summed E-state index contributed by atoms with van der Waals surface area (Å²) in [6.07, 6.45) is 4.18.